The molecule has 0 spiro atoms. The van der Waals surface area contributed by atoms with E-state index in [1.54, 1.807) is 12.4 Å². The van der Waals surface area contributed by atoms with E-state index in [0.717, 1.165) is 55.6 Å². The number of halogens is 4. The first-order valence-electron chi connectivity index (χ1n) is 19.9. The van der Waals surface area contributed by atoms with E-state index in [0.29, 0.717) is 23.2 Å². The topological polar surface area (TPSA) is 184 Å². The second-order valence-corrected chi connectivity index (χ2v) is 13.3. The van der Waals surface area contributed by atoms with E-state index < -0.39 is 12.6 Å². The number of benzene rings is 6. The third kappa shape index (κ3) is 20.0. The molecule has 0 unspecified atom stereocenters. The third-order valence-electron chi connectivity index (χ3n) is 8.80. The molecule has 0 radical (unpaired) electrons. The Labute approximate surface area is 425 Å². The van der Waals surface area contributed by atoms with Gasteiger partial charge in [0.2, 0.25) is 11.8 Å². The summed E-state index contributed by atoms with van der Waals surface area (Å²) in [5.74, 6) is 1.36. The van der Waals surface area contributed by atoms with E-state index in [9.17, 15) is 12.9 Å². The van der Waals surface area contributed by atoms with Gasteiger partial charge in [0.1, 0.15) is 11.0 Å². The van der Waals surface area contributed by atoms with Crippen molar-refractivity contribution < 1.29 is 86.5 Å². The van der Waals surface area contributed by atoms with Crippen LogP contribution in [0.25, 0.3) is 67.4 Å². The summed E-state index contributed by atoms with van der Waals surface area (Å²) >= 11 is 0. The summed E-state index contributed by atoms with van der Waals surface area (Å²) in [4.78, 5) is 25.1. The van der Waals surface area contributed by atoms with Crippen molar-refractivity contribution in [2.45, 2.75) is 13.2 Å². The van der Waals surface area contributed by atoms with E-state index in [1.165, 1.54) is 0 Å². The number of hydrogen-bond acceptors (Lipinski definition) is 11. The van der Waals surface area contributed by atoms with Crippen LogP contribution in [0.3, 0.4) is 0 Å². The Balaban J connectivity index is 0.000000296. The van der Waals surface area contributed by atoms with E-state index >= 15 is 0 Å². The quantitative estimate of drug-likeness (QED) is 0.0701. The smallest absolute Gasteiger partial charge is 1.00 e. The Morgan fingerprint density at radius 1 is 0.464 bits per heavy atom. The number of aromatic nitrogens is 4. The first-order valence-corrected chi connectivity index (χ1v) is 19.9. The van der Waals surface area contributed by atoms with Crippen molar-refractivity contribution in [2.75, 3.05) is 0 Å². The van der Waals surface area contributed by atoms with Crippen LogP contribution in [0.1, 0.15) is 11.4 Å². The standard InChI is InChI=1S/2C13H9NO.2C12H11NO.2Ag.BF3.FH.NO3/c2*1-2-6-10(7-3-1)13-14-11-8-4-5-9-12(11)15-13;2*14-9-12-8-11(6-7-13-12)10-4-2-1-3-5-10;;;2-1(3)4;;2-1(3)4/h2*1-9H;2*1-8,14H,9H2;;;;1H;/q;;;;2*+1;;;-1/p-1. The Morgan fingerprint density at radius 2 is 0.739 bits per heavy atom. The van der Waals surface area contributed by atoms with Gasteiger partial charge < -0.3 is 39.1 Å². The van der Waals surface area contributed by atoms with Crippen molar-refractivity contribution >= 4 is 29.7 Å². The normalized spacial score (nSPS) is 9.46. The molecule has 0 saturated heterocycles. The van der Waals surface area contributed by atoms with Crippen molar-refractivity contribution in [3.63, 3.8) is 0 Å². The van der Waals surface area contributed by atoms with Gasteiger partial charge in [-0.15, -0.1) is 0 Å². The molecule has 10 rings (SSSR count). The average molecular weight is 1130 g/mol. The fourth-order valence-electron chi connectivity index (χ4n) is 5.90. The Morgan fingerprint density at radius 3 is 1.03 bits per heavy atom. The SMILES string of the molecule is FB(F)F.O=[N+]([O-])[O-].OCc1cc(-c2ccccc2)ccn1.OCc1cc(-c2ccccc2)ccn1.[Ag+].[Ag+].[F-].c1ccc(-c2nc3ccccc3o2)cc1.c1ccc(-c2nc3ccccc3o2)cc1. The predicted octanol–water partition coefficient (Wildman–Crippen LogP) is 9.11. The maximum atomic E-state index is 9.67. The van der Waals surface area contributed by atoms with Gasteiger partial charge in [-0.1, -0.05) is 121 Å². The molecular weight excluding hydrogens is 1090 g/mol. The van der Waals surface area contributed by atoms with E-state index in [2.05, 4.69) is 19.9 Å². The minimum absolute atomic E-state index is 0. The van der Waals surface area contributed by atoms with Gasteiger partial charge in [-0.2, -0.15) is 0 Å². The van der Waals surface area contributed by atoms with Crippen molar-refractivity contribution in [2.24, 2.45) is 0 Å². The zero-order valence-corrected chi connectivity index (χ0v) is 38.9. The third-order valence-corrected chi connectivity index (χ3v) is 8.80. The Hall–Kier alpha value is -7.05. The largest absolute Gasteiger partial charge is 1.00 e. The molecule has 0 bridgehead atoms. The van der Waals surface area contributed by atoms with E-state index in [1.807, 2.05) is 194 Å². The number of rotatable bonds is 6. The summed E-state index contributed by atoms with van der Waals surface area (Å²) in [5, 5.41) is 32.6. The fourth-order valence-corrected chi connectivity index (χ4v) is 5.90. The van der Waals surface area contributed by atoms with E-state index in [-0.39, 0.29) is 62.7 Å². The molecular formula is C50H40Ag2BF4N5O7. The molecule has 4 aromatic heterocycles. The van der Waals surface area contributed by atoms with Crippen molar-refractivity contribution in [1.29, 1.82) is 0 Å². The van der Waals surface area contributed by atoms with Crippen LogP contribution in [0.5, 0.6) is 0 Å². The average Bonchev–Trinajstić information content (AvgIpc) is 4.01. The molecule has 4 heterocycles. The monoisotopic (exact) mass is 1120 g/mol. The molecule has 12 nitrogen and oxygen atoms in total. The van der Waals surface area contributed by atoms with Crippen LogP contribution in [-0.2, 0) is 58.0 Å². The molecule has 6 aromatic carbocycles. The molecule has 10 aromatic rings. The van der Waals surface area contributed by atoms with Crippen molar-refractivity contribution in [3.05, 3.63) is 233 Å². The number of fused-ring (bicyclic) bond motifs is 2. The number of aliphatic hydroxyl groups excluding tert-OH is 2. The van der Waals surface area contributed by atoms with Crippen LogP contribution in [0.2, 0.25) is 0 Å². The molecule has 2 N–H and O–H groups in total. The summed E-state index contributed by atoms with van der Waals surface area (Å²) in [7, 11) is -3.67. The molecule has 0 atom stereocenters. The van der Waals surface area contributed by atoms with Crippen LogP contribution < -0.4 is 4.70 Å². The minimum Gasteiger partial charge on any atom is -1.00 e. The van der Waals surface area contributed by atoms with Crippen LogP contribution in [0, 0.1) is 15.3 Å². The number of oxazole rings is 2. The van der Waals surface area contributed by atoms with Crippen LogP contribution in [-0.4, -0.2) is 42.8 Å². The Kier molecular flexibility index (Phi) is 26.8. The molecule has 19 heteroatoms. The molecule has 0 fully saturated rings. The molecule has 69 heavy (non-hydrogen) atoms. The maximum Gasteiger partial charge on any atom is 1.00 e. The number of pyridine rings is 2. The van der Waals surface area contributed by atoms with Gasteiger partial charge in [-0.3, -0.25) is 22.9 Å². The summed E-state index contributed by atoms with van der Waals surface area (Å²) in [6, 6.07) is 63.2. The summed E-state index contributed by atoms with van der Waals surface area (Å²) in [6.07, 6.45) is 3.43. The molecule has 0 saturated carbocycles. The van der Waals surface area contributed by atoms with Crippen LogP contribution in [0.4, 0.5) is 12.9 Å². The zero-order chi connectivity index (χ0) is 46.9. The number of para-hydroxylation sites is 4. The molecule has 0 aliphatic heterocycles. The van der Waals surface area contributed by atoms with Gasteiger partial charge in [0, 0.05) is 23.5 Å². The molecule has 360 valence electrons. The van der Waals surface area contributed by atoms with Crippen molar-refractivity contribution in [1.82, 2.24) is 19.9 Å². The molecule has 0 aliphatic rings. The van der Waals surface area contributed by atoms with Crippen LogP contribution in [0.15, 0.2) is 215 Å². The second-order valence-electron chi connectivity index (χ2n) is 13.3. The maximum absolute atomic E-state index is 9.67. The van der Waals surface area contributed by atoms with Gasteiger partial charge >= 0.3 is 52.3 Å². The zero-order valence-electron chi connectivity index (χ0n) is 35.9. The second kappa shape index (κ2) is 31.8. The van der Waals surface area contributed by atoms with E-state index in [4.69, 9.17) is 34.4 Å². The van der Waals surface area contributed by atoms with Gasteiger partial charge in [0.25, 0.3) is 0 Å². The van der Waals surface area contributed by atoms with Gasteiger partial charge in [-0.05, 0) is 95.1 Å². The summed E-state index contributed by atoms with van der Waals surface area (Å²) in [5.41, 5.74) is 11.3. The van der Waals surface area contributed by atoms with Gasteiger partial charge in [0.05, 0.1) is 29.7 Å². The van der Waals surface area contributed by atoms with Crippen molar-refractivity contribution in [3.8, 4) is 45.2 Å². The number of aliphatic hydroxyl groups is 2. The Bertz CT molecular complexity index is 2700. The number of hydrogen-bond donors (Lipinski definition) is 2. The molecule has 0 amide bonds. The van der Waals surface area contributed by atoms with Gasteiger partial charge in [-0.25, -0.2) is 9.97 Å². The molecule has 0 aliphatic carbocycles. The predicted molar refractivity (Wildman–Crippen MR) is 250 cm³/mol. The van der Waals surface area contributed by atoms with Crippen LogP contribution >= 0.6 is 0 Å². The fraction of sp³-hybridized carbons (Fsp3) is 0.0400. The van der Waals surface area contributed by atoms with Gasteiger partial charge in [0.15, 0.2) is 11.2 Å². The first kappa shape index (κ1) is 58.1. The summed E-state index contributed by atoms with van der Waals surface area (Å²) < 4.78 is 40.3. The first-order chi connectivity index (χ1) is 32.1. The minimum atomic E-state index is -3.67. The summed E-state index contributed by atoms with van der Waals surface area (Å²) in [6.45, 7) is -0.0264. The number of nitrogens with zero attached hydrogens (tertiary/aromatic N) is 5.